The lowest BCUT2D eigenvalue weighted by Crippen LogP contribution is -2.06. The molecule has 2 aromatic carbocycles. The van der Waals surface area contributed by atoms with Gasteiger partial charge in [0.05, 0.1) is 0 Å². The minimum Gasteiger partial charge on any atom is -0.486 e. The third kappa shape index (κ3) is 3.29. The molecule has 0 aliphatic heterocycles. The number of benzene rings is 2. The molecule has 0 bridgehead atoms. The maximum atomic E-state index is 13.7. The van der Waals surface area contributed by atoms with Crippen LogP contribution in [0.5, 0.6) is 5.75 Å². The van der Waals surface area contributed by atoms with Crippen LogP contribution in [-0.4, -0.2) is 0 Å². The second-order valence-electron chi connectivity index (χ2n) is 4.36. The fraction of sp³-hybridized carbons (Fsp3) is 0.200. The average Bonchev–Trinajstić information content (AvgIpc) is 2.39. The van der Waals surface area contributed by atoms with E-state index in [2.05, 4.69) is 0 Å². The lowest BCUT2D eigenvalue weighted by molar-refractivity contribution is 0.284. The SMILES string of the molecule is CC(N)c1ccc(OCc2ccccc2F)c(F)c1. The summed E-state index contributed by atoms with van der Waals surface area (Å²) in [5.74, 6) is -0.770. The summed E-state index contributed by atoms with van der Waals surface area (Å²) in [7, 11) is 0. The molecule has 1 atom stereocenters. The zero-order valence-electron chi connectivity index (χ0n) is 10.6. The van der Waals surface area contributed by atoms with Gasteiger partial charge in [-0.25, -0.2) is 8.78 Å². The highest BCUT2D eigenvalue weighted by atomic mass is 19.1. The van der Waals surface area contributed by atoms with Crippen molar-refractivity contribution in [1.82, 2.24) is 0 Å². The topological polar surface area (TPSA) is 35.2 Å². The van der Waals surface area contributed by atoms with Crippen LogP contribution < -0.4 is 10.5 Å². The summed E-state index contributed by atoms with van der Waals surface area (Å²) >= 11 is 0. The van der Waals surface area contributed by atoms with Crippen molar-refractivity contribution in [2.75, 3.05) is 0 Å². The zero-order chi connectivity index (χ0) is 13.8. The highest BCUT2D eigenvalue weighted by molar-refractivity contribution is 5.31. The summed E-state index contributed by atoms with van der Waals surface area (Å²) in [5, 5.41) is 0. The lowest BCUT2D eigenvalue weighted by Gasteiger charge is -2.10. The van der Waals surface area contributed by atoms with Gasteiger partial charge < -0.3 is 10.5 Å². The number of halogens is 2. The van der Waals surface area contributed by atoms with E-state index in [9.17, 15) is 8.78 Å². The average molecular weight is 263 g/mol. The van der Waals surface area contributed by atoms with E-state index in [1.165, 1.54) is 18.2 Å². The molecule has 0 spiro atoms. The first-order valence-electron chi connectivity index (χ1n) is 5.99. The summed E-state index contributed by atoms with van der Waals surface area (Å²) in [6.07, 6.45) is 0. The molecule has 100 valence electrons. The van der Waals surface area contributed by atoms with Crippen molar-refractivity contribution in [2.45, 2.75) is 19.6 Å². The first-order valence-corrected chi connectivity index (χ1v) is 5.99. The van der Waals surface area contributed by atoms with Crippen LogP contribution in [0.1, 0.15) is 24.1 Å². The Morgan fingerprint density at radius 2 is 1.84 bits per heavy atom. The fourth-order valence-corrected chi connectivity index (χ4v) is 1.69. The van der Waals surface area contributed by atoms with Crippen LogP contribution in [-0.2, 0) is 6.61 Å². The molecule has 0 heterocycles. The Bertz CT molecular complexity index is 570. The van der Waals surface area contributed by atoms with Gasteiger partial charge in [0.2, 0.25) is 0 Å². The number of rotatable bonds is 4. The summed E-state index contributed by atoms with van der Waals surface area (Å²) in [6, 6.07) is 10.5. The summed E-state index contributed by atoms with van der Waals surface area (Å²) in [4.78, 5) is 0. The van der Waals surface area contributed by atoms with Crippen LogP contribution in [0, 0.1) is 11.6 Å². The van der Waals surface area contributed by atoms with Crippen LogP contribution in [0.15, 0.2) is 42.5 Å². The normalized spacial score (nSPS) is 12.2. The molecule has 2 N–H and O–H groups in total. The highest BCUT2D eigenvalue weighted by Crippen LogP contribution is 2.22. The molecule has 0 aliphatic rings. The van der Waals surface area contributed by atoms with E-state index in [4.69, 9.17) is 10.5 Å². The summed E-state index contributed by atoms with van der Waals surface area (Å²) in [5.41, 5.74) is 6.74. The maximum absolute atomic E-state index is 13.7. The monoisotopic (exact) mass is 263 g/mol. The van der Waals surface area contributed by atoms with Crippen LogP contribution in [0.2, 0.25) is 0 Å². The Morgan fingerprint density at radius 3 is 2.47 bits per heavy atom. The minimum absolute atomic E-state index is 0.0128. The van der Waals surface area contributed by atoms with E-state index in [1.54, 1.807) is 31.2 Å². The molecule has 2 aromatic rings. The molecule has 0 aromatic heterocycles. The van der Waals surface area contributed by atoms with Gasteiger partial charge in [0.1, 0.15) is 12.4 Å². The molecule has 19 heavy (non-hydrogen) atoms. The zero-order valence-corrected chi connectivity index (χ0v) is 10.6. The van der Waals surface area contributed by atoms with E-state index >= 15 is 0 Å². The van der Waals surface area contributed by atoms with Gasteiger partial charge in [-0.05, 0) is 30.7 Å². The van der Waals surface area contributed by atoms with Crippen LogP contribution in [0.25, 0.3) is 0 Å². The van der Waals surface area contributed by atoms with Gasteiger partial charge in [0.15, 0.2) is 11.6 Å². The second kappa shape index (κ2) is 5.80. The Hall–Kier alpha value is -1.94. The second-order valence-corrected chi connectivity index (χ2v) is 4.36. The number of ether oxygens (including phenoxy) is 1. The molecule has 4 heteroatoms. The van der Waals surface area contributed by atoms with Crippen LogP contribution in [0.4, 0.5) is 8.78 Å². The van der Waals surface area contributed by atoms with Crippen molar-refractivity contribution >= 4 is 0 Å². The van der Waals surface area contributed by atoms with Gasteiger partial charge >= 0.3 is 0 Å². The largest absolute Gasteiger partial charge is 0.486 e. The minimum atomic E-state index is -0.494. The van der Waals surface area contributed by atoms with E-state index in [0.717, 1.165) is 0 Å². The van der Waals surface area contributed by atoms with Crippen LogP contribution in [0.3, 0.4) is 0 Å². The number of nitrogens with two attached hydrogens (primary N) is 1. The highest BCUT2D eigenvalue weighted by Gasteiger charge is 2.08. The van der Waals surface area contributed by atoms with E-state index in [-0.39, 0.29) is 24.2 Å². The Labute approximate surface area is 110 Å². The molecule has 0 aliphatic carbocycles. The van der Waals surface area contributed by atoms with Crippen molar-refractivity contribution in [3.8, 4) is 5.75 Å². The number of hydrogen-bond acceptors (Lipinski definition) is 2. The molecule has 2 rings (SSSR count). The molecule has 2 nitrogen and oxygen atoms in total. The van der Waals surface area contributed by atoms with E-state index < -0.39 is 5.82 Å². The van der Waals surface area contributed by atoms with Crippen molar-refractivity contribution in [3.63, 3.8) is 0 Å². The van der Waals surface area contributed by atoms with Crippen LogP contribution >= 0.6 is 0 Å². The first-order chi connectivity index (χ1) is 9.08. The Kier molecular flexibility index (Phi) is 4.12. The van der Waals surface area contributed by atoms with Crippen molar-refractivity contribution in [2.24, 2.45) is 5.73 Å². The number of hydrogen-bond donors (Lipinski definition) is 1. The molecule has 0 amide bonds. The van der Waals surface area contributed by atoms with E-state index in [1.807, 2.05) is 0 Å². The van der Waals surface area contributed by atoms with Crippen molar-refractivity contribution in [3.05, 3.63) is 65.2 Å². The predicted octanol–water partition coefficient (Wildman–Crippen LogP) is 3.56. The smallest absolute Gasteiger partial charge is 0.165 e. The van der Waals surface area contributed by atoms with Gasteiger partial charge in [0.25, 0.3) is 0 Å². The van der Waals surface area contributed by atoms with E-state index in [0.29, 0.717) is 11.1 Å². The lowest BCUT2D eigenvalue weighted by atomic mass is 10.1. The fourth-order valence-electron chi connectivity index (χ4n) is 1.69. The predicted molar refractivity (Wildman–Crippen MR) is 69.7 cm³/mol. The summed E-state index contributed by atoms with van der Waals surface area (Å²) < 4.78 is 32.4. The molecule has 0 saturated heterocycles. The van der Waals surface area contributed by atoms with Crippen molar-refractivity contribution < 1.29 is 13.5 Å². The van der Waals surface area contributed by atoms with Crippen molar-refractivity contribution in [1.29, 1.82) is 0 Å². The van der Waals surface area contributed by atoms with Gasteiger partial charge in [-0.3, -0.25) is 0 Å². The molecule has 0 fully saturated rings. The first kappa shape index (κ1) is 13.5. The molecule has 1 unspecified atom stereocenters. The third-order valence-corrected chi connectivity index (χ3v) is 2.82. The molecular formula is C15H15F2NO. The quantitative estimate of drug-likeness (QED) is 0.915. The van der Waals surface area contributed by atoms with Gasteiger partial charge in [-0.15, -0.1) is 0 Å². The van der Waals surface area contributed by atoms with Gasteiger partial charge in [0, 0.05) is 11.6 Å². The Balaban J connectivity index is 2.10. The van der Waals surface area contributed by atoms with Gasteiger partial charge in [-0.2, -0.15) is 0 Å². The Morgan fingerprint density at radius 1 is 1.11 bits per heavy atom. The molecular weight excluding hydrogens is 248 g/mol. The van der Waals surface area contributed by atoms with Gasteiger partial charge in [-0.1, -0.05) is 24.3 Å². The third-order valence-electron chi connectivity index (χ3n) is 2.82. The summed E-state index contributed by atoms with van der Waals surface area (Å²) in [6.45, 7) is 1.76. The standard InChI is InChI=1S/C15H15F2NO/c1-10(18)11-6-7-15(14(17)8-11)19-9-12-4-2-3-5-13(12)16/h2-8,10H,9,18H2,1H3. The maximum Gasteiger partial charge on any atom is 0.165 e. The molecule has 0 saturated carbocycles. The molecule has 0 radical (unpaired) electrons.